The van der Waals surface area contributed by atoms with Crippen LogP contribution < -0.4 is 4.90 Å². The van der Waals surface area contributed by atoms with Crippen LogP contribution in [0.4, 0.5) is 10.3 Å². The summed E-state index contributed by atoms with van der Waals surface area (Å²) in [4.78, 5) is 24.0. The molecule has 4 aromatic rings. The maximum atomic E-state index is 13.5. The molecule has 152 valence electrons. The summed E-state index contributed by atoms with van der Waals surface area (Å²) in [5, 5.41) is -0.194. The smallest absolute Gasteiger partial charge is 0.240 e. The lowest BCUT2D eigenvalue weighted by Crippen LogP contribution is -2.29. The van der Waals surface area contributed by atoms with Crippen LogP contribution in [-0.4, -0.2) is 21.6 Å². The summed E-state index contributed by atoms with van der Waals surface area (Å²) in [5.74, 6) is 0.375. The van der Waals surface area contributed by atoms with Crippen molar-refractivity contribution in [2.75, 3.05) is 10.7 Å². The summed E-state index contributed by atoms with van der Waals surface area (Å²) >= 11 is 1.56. The SMILES string of the molecule is O=C1CSC(c2ccccc2)N1c1nc(-c2ccccc2)cc(-c2ccc(F)cc2)n1. The molecular weight excluding hydrogens is 409 g/mol. The Morgan fingerprint density at radius 3 is 2.03 bits per heavy atom. The van der Waals surface area contributed by atoms with E-state index in [2.05, 4.69) is 0 Å². The molecule has 3 aromatic carbocycles. The van der Waals surface area contributed by atoms with Crippen molar-refractivity contribution in [1.29, 1.82) is 0 Å². The Morgan fingerprint density at radius 2 is 1.39 bits per heavy atom. The van der Waals surface area contributed by atoms with Crippen LogP contribution in [0, 0.1) is 5.82 Å². The van der Waals surface area contributed by atoms with Crippen LogP contribution in [0.5, 0.6) is 0 Å². The topological polar surface area (TPSA) is 46.1 Å². The number of aromatic nitrogens is 2. The Kier molecular flexibility index (Phi) is 5.22. The standard InChI is InChI=1S/C25H18FN3OS/c26-20-13-11-18(12-14-20)22-15-21(17-7-3-1-4-8-17)27-25(28-22)29-23(30)16-31-24(29)19-9-5-2-6-10-19/h1-15,24H,16H2. The molecule has 0 N–H and O–H groups in total. The van der Waals surface area contributed by atoms with Gasteiger partial charge in [-0.15, -0.1) is 11.8 Å². The largest absolute Gasteiger partial charge is 0.273 e. The molecule has 31 heavy (non-hydrogen) atoms. The molecule has 1 aliphatic rings. The predicted octanol–water partition coefficient (Wildman–Crippen LogP) is 5.73. The highest BCUT2D eigenvalue weighted by molar-refractivity contribution is 8.00. The Morgan fingerprint density at radius 1 is 0.806 bits per heavy atom. The summed E-state index contributed by atoms with van der Waals surface area (Å²) in [7, 11) is 0. The van der Waals surface area contributed by atoms with Gasteiger partial charge in [0.1, 0.15) is 11.2 Å². The molecule has 1 fully saturated rings. The molecule has 1 amide bonds. The van der Waals surface area contributed by atoms with Crippen molar-refractivity contribution >= 4 is 23.6 Å². The van der Waals surface area contributed by atoms with E-state index in [-0.39, 0.29) is 17.1 Å². The van der Waals surface area contributed by atoms with Crippen LogP contribution >= 0.6 is 11.8 Å². The van der Waals surface area contributed by atoms with Crippen LogP contribution in [0.25, 0.3) is 22.5 Å². The third-order valence-electron chi connectivity index (χ3n) is 5.09. The van der Waals surface area contributed by atoms with Crippen LogP contribution in [-0.2, 0) is 4.79 Å². The fraction of sp³-hybridized carbons (Fsp3) is 0.0800. The van der Waals surface area contributed by atoms with E-state index in [1.54, 1.807) is 28.8 Å². The first-order valence-corrected chi connectivity index (χ1v) is 10.9. The highest BCUT2D eigenvalue weighted by atomic mass is 32.2. The molecule has 5 rings (SSSR count). The van der Waals surface area contributed by atoms with Gasteiger partial charge in [-0.2, -0.15) is 0 Å². The summed E-state index contributed by atoms with van der Waals surface area (Å²) in [6.07, 6.45) is 0. The van der Waals surface area contributed by atoms with E-state index in [0.717, 1.165) is 16.7 Å². The van der Waals surface area contributed by atoms with Crippen molar-refractivity contribution < 1.29 is 9.18 Å². The third-order valence-corrected chi connectivity index (χ3v) is 6.30. The molecule has 0 bridgehead atoms. The van der Waals surface area contributed by atoms with Crippen molar-refractivity contribution in [3.63, 3.8) is 0 Å². The summed E-state index contributed by atoms with van der Waals surface area (Å²) in [5.41, 5.74) is 4.06. The molecule has 1 saturated heterocycles. The first-order chi connectivity index (χ1) is 15.2. The number of amides is 1. The van der Waals surface area contributed by atoms with Gasteiger partial charge in [0, 0.05) is 11.1 Å². The molecular formula is C25H18FN3OS. The van der Waals surface area contributed by atoms with Gasteiger partial charge in [0.25, 0.3) is 0 Å². The summed E-state index contributed by atoms with van der Waals surface area (Å²) in [6, 6.07) is 27.7. The van der Waals surface area contributed by atoms with Gasteiger partial charge in [0.2, 0.25) is 11.9 Å². The zero-order chi connectivity index (χ0) is 21.2. The minimum atomic E-state index is -0.309. The number of halogens is 1. The van der Waals surface area contributed by atoms with Gasteiger partial charge in [-0.25, -0.2) is 14.4 Å². The minimum absolute atomic E-state index is 0.0332. The average Bonchev–Trinajstić information content (AvgIpc) is 3.22. The number of thioether (sulfide) groups is 1. The van der Waals surface area contributed by atoms with Gasteiger partial charge in [0.05, 0.1) is 17.1 Å². The molecule has 0 saturated carbocycles. The highest BCUT2D eigenvalue weighted by Crippen LogP contribution is 2.41. The van der Waals surface area contributed by atoms with E-state index in [1.165, 1.54) is 12.1 Å². The first-order valence-electron chi connectivity index (χ1n) is 9.88. The number of benzene rings is 3. The van der Waals surface area contributed by atoms with Gasteiger partial charge < -0.3 is 0 Å². The normalized spacial score (nSPS) is 16.0. The third kappa shape index (κ3) is 3.94. The lowest BCUT2D eigenvalue weighted by atomic mass is 10.1. The zero-order valence-electron chi connectivity index (χ0n) is 16.5. The van der Waals surface area contributed by atoms with Gasteiger partial charge in [0.15, 0.2) is 0 Å². The quantitative estimate of drug-likeness (QED) is 0.417. The van der Waals surface area contributed by atoms with E-state index >= 15 is 0 Å². The lowest BCUT2D eigenvalue weighted by molar-refractivity contribution is -0.115. The fourth-order valence-corrected chi connectivity index (χ4v) is 4.72. The minimum Gasteiger partial charge on any atom is -0.273 e. The van der Waals surface area contributed by atoms with Crippen LogP contribution in [0.1, 0.15) is 10.9 Å². The van der Waals surface area contributed by atoms with Crippen molar-refractivity contribution in [2.24, 2.45) is 0 Å². The van der Waals surface area contributed by atoms with Gasteiger partial charge in [-0.3, -0.25) is 9.69 Å². The van der Waals surface area contributed by atoms with Gasteiger partial charge in [-0.05, 0) is 35.9 Å². The molecule has 0 radical (unpaired) electrons. The Hall–Kier alpha value is -3.51. The van der Waals surface area contributed by atoms with Crippen molar-refractivity contribution in [3.8, 4) is 22.5 Å². The first kappa shape index (κ1) is 19.5. The number of rotatable bonds is 4. The molecule has 2 heterocycles. The fourth-order valence-electron chi connectivity index (χ4n) is 3.57. The van der Waals surface area contributed by atoms with Gasteiger partial charge in [-0.1, -0.05) is 60.7 Å². The van der Waals surface area contributed by atoms with Gasteiger partial charge >= 0.3 is 0 Å². The lowest BCUT2D eigenvalue weighted by Gasteiger charge is -2.23. The molecule has 1 aliphatic heterocycles. The second-order valence-corrected chi connectivity index (χ2v) is 8.22. The summed E-state index contributed by atoms with van der Waals surface area (Å²) in [6.45, 7) is 0. The van der Waals surface area contributed by atoms with E-state index in [1.807, 2.05) is 66.7 Å². The van der Waals surface area contributed by atoms with Crippen molar-refractivity contribution in [1.82, 2.24) is 9.97 Å². The van der Waals surface area contributed by atoms with Crippen LogP contribution in [0.3, 0.4) is 0 Å². The molecule has 6 heteroatoms. The van der Waals surface area contributed by atoms with Crippen LogP contribution in [0.15, 0.2) is 91.0 Å². The zero-order valence-corrected chi connectivity index (χ0v) is 17.3. The van der Waals surface area contributed by atoms with Crippen LogP contribution in [0.2, 0.25) is 0 Å². The molecule has 4 nitrogen and oxygen atoms in total. The molecule has 1 aromatic heterocycles. The van der Waals surface area contributed by atoms with E-state index in [4.69, 9.17) is 9.97 Å². The van der Waals surface area contributed by atoms with Crippen molar-refractivity contribution in [2.45, 2.75) is 5.37 Å². The molecule has 0 spiro atoms. The second-order valence-electron chi connectivity index (χ2n) is 7.15. The highest BCUT2D eigenvalue weighted by Gasteiger charge is 2.36. The molecule has 1 atom stereocenters. The monoisotopic (exact) mass is 427 g/mol. The van der Waals surface area contributed by atoms with E-state index in [9.17, 15) is 9.18 Å². The number of carbonyl (C=O) groups is 1. The summed E-state index contributed by atoms with van der Waals surface area (Å²) < 4.78 is 13.5. The number of hydrogen-bond donors (Lipinski definition) is 0. The molecule has 0 aliphatic carbocycles. The average molecular weight is 428 g/mol. The molecule has 1 unspecified atom stereocenters. The Bertz CT molecular complexity index is 1220. The van der Waals surface area contributed by atoms with E-state index in [0.29, 0.717) is 23.1 Å². The Labute approximate surface area is 183 Å². The maximum Gasteiger partial charge on any atom is 0.240 e. The number of hydrogen-bond acceptors (Lipinski definition) is 4. The second kappa shape index (κ2) is 8.32. The Balaban J connectivity index is 1.66. The van der Waals surface area contributed by atoms with Crippen molar-refractivity contribution in [3.05, 3.63) is 102 Å². The number of carbonyl (C=O) groups excluding carboxylic acids is 1. The maximum absolute atomic E-state index is 13.5. The number of nitrogens with zero attached hydrogens (tertiary/aromatic N) is 3. The van der Waals surface area contributed by atoms with E-state index < -0.39 is 0 Å². The predicted molar refractivity (Wildman–Crippen MR) is 122 cm³/mol. The number of anilines is 1.